The fourth-order valence-electron chi connectivity index (χ4n) is 2.10. The molecule has 0 saturated carbocycles. The van der Waals surface area contributed by atoms with E-state index in [0.29, 0.717) is 10.5 Å². The maximum absolute atomic E-state index is 11.6. The van der Waals surface area contributed by atoms with Gasteiger partial charge in [-0.05, 0) is 53.8 Å². The molecule has 0 aliphatic rings. The van der Waals surface area contributed by atoms with Crippen LogP contribution in [0.4, 0.5) is 5.69 Å². The van der Waals surface area contributed by atoms with Crippen LogP contribution in [0.1, 0.15) is 11.1 Å². The highest BCUT2D eigenvalue weighted by molar-refractivity contribution is 8.03. The van der Waals surface area contributed by atoms with Gasteiger partial charge in [-0.3, -0.25) is 4.55 Å². The van der Waals surface area contributed by atoms with E-state index >= 15 is 0 Å². The Labute approximate surface area is 172 Å². The molecule has 2 aromatic rings. The average Bonchev–Trinajstić information content (AvgIpc) is 2.61. The van der Waals surface area contributed by atoms with Crippen molar-refractivity contribution >= 4 is 68.5 Å². The van der Waals surface area contributed by atoms with E-state index in [9.17, 15) is 21.7 Å². The molecule has 0 amide bonds. The Morgan fingerprint density at radius 3 is 2.54 bits per heavy atom. The third-order valence-electron chi connectivity index (χ3n) is 3.20. The molecule has 0 heterocycles. The van der Waals surface area contributed by atoms with Crippen LogP contribution in [-0.4, -0.2) is 26.9 Å². The van der Waals surface area contributed by atoms with Crippen molar-refractivity contribution in [1.82, 2.24) is 0 Å². The summed E-state index contributed by atoms with van der Waals surface area (Å²) in [5, 5.41) is 12.7. The van der Waals surface area contributed by atoms with E-state index in [1.165, 1.54) is 36.4 Å². The molecule has 0 saturated heterocycles. The fourth-order valence-corrected chi connectivity index (χ4v) is 3.61. The summed E-state index contributed by atoms with van der Waals surface area (Å²) in [4.78, 5) is 3.71. The summed E-state index contributed by atoms with van der Waals surface area (Å²) >= 11 is 2.43. The first-order valence-corrected chi connectivity index (χ1v) is 10.8. The van der Waals surface area contributed by atoms with E-state index in [1.54, 1.807) is 6.07 Å². The van der Waals surface area contributed by atoms with Crippen LogP contribution in [0, 0.1) is 10.7 Å². The zero-order chi connectivity index (χ0) is 20.7. The van der Waals surface area contributed by atoms with Gasteiger partial charge < -0.3 is 8.74 Å². The molecule has 8 nitrogen and oxygen atoms in total. The zero-order valence-electron chi connectivity index (χ0n) is 13.6. The Kier molecular flexibility index (Phi) is 7.61. The predicted octanol–water partition coefficient (Wildman–Crippen LogP) is 3.58. The van der Waals surface area contributed by atoms with Gasteiger partial charge in [0.05, 0.1) is 10.8 Å². The number of nitriles is 1. The van der Waals surface area contributed by atoms with Crippen LogP contribution in [0.2, 0.25) is 0 Å². The molecule has 12 heteroatoms. The van der Waals surface area contributed by atoms with Gasteiger partial charge >= 0.3 is 0 Å². The molecular weight excluding hydrogens is 444 g/mol. The van der Waals surface area contributed by atoms with Crippen LogP contribution in [-0.2, 0) is 21.5 Å². The molecule has 1 atom stereocenters. The van der Waals surface area contributed by atoms with Gasteiger partial charge in [-0.1, -0.05) is 24.3 Å². The average molecular weight is 454 g/mol. The molecular formula is C16H9N2O6S4-. The molecule has 0 spiro atoms. The lowest BCUT2D eigenvalue weighted by Gasteiger charge is -2.11. The smallest absolute Gasteiger partial charge is 0.295 e. The Morgan fingerprint density at radius 1 is 1.25 bits per heavy atom. The van der Waals surface area contributed by atoms with Crippen LogP contribution in [0.25, 0.3) is 12.2 Å². The number of isothiocyanates is 1. The minimum absolute atomic E-state index is 0.0554. The van der Waals surface area contributed by atoms with Crippen molar-refractivity contribution in [2.24, 2.45) is 4.99 Å². The van der Waals surface area contributed by atoms with Crippen molar-refractivity contribution in [2.45, 2.75) is 9.79 Å². The van der Waals surface area contributed by atoms with E-state index in [0.717, 1.165) is 17.8 Å². The van der Waals surface area contributed by atoms with Crippen LogP contribution >= 0.6 is 24.0 Å². The van der Waals surface area contributed by atoms with Gasteiger partial charge in [-0.15, -0.1) is 0 Å². The lowest BCUT2D eigenvalue weighted by molar-refractivity contribution is 0.439. The van der Waals surface area contributed by atoms with E-state index in [1.807, 2.05) is 5.40 Å². The van der Waals surface area contributed by atoms with Gasteiger partial charge in [-0.25, -0.2) is 4.21 Å². The largest absolute Gasteiger partial charge is 0.740 e. The SMILES string of the molecule is N#CSc1ccc(/C=C/c2ccc(N=C=S)cc2S(=O)(=O)O)c(OS(=O)[O-])c1. The molecule has 144 valence electrons. The van der Waals surface area contributed by atoms with Crippen LogP contribution < -0.4 is 4.18 Å². The van der Waals surface area contributed by atoms with Crippen molar-refractivity contribution in [1.29, 1.82) is 5.26 Å². The van der Waals surface area contributed by atoms with Crippen LogP contribution in [0.15, 0.2) is 51.2 Å². The van der Waals surface area contributed by atoms with Crippen molar-refractivity contribution in [3.8, 4) is 11.2 Å². The summed E-state index contributed by atoms with van der Waals surface area (Å²) in [6, 6.07) is 8.38. The summed E-state index contributed by atoms with van der Waals surface area (Å²) in [5.74, 6) is -0.0554. The van der Waals surface area contributed by atoms with Gasteiger partial charge in [0, 0.05) is 10.5 Å². The first-order chi connectivity index (χ1) is 13.2. The minimum atomic E-state index is -4.56. The van der Waals surface area contributed by atoms with Crippen molar-refractivity contribution in [2.75, 3.05) is 0 Å². The number of aliphatic imine (C=N–C) groups is 1. The number of rotatable bonds is 7. The second-order valence-corrected chi connectivity index (χ2v) is 7.92. The Balaban J connectivity index is 2.52. The van der Waals surface area contributed by atoms with E-state index in [-0.39, 0.29) is 17.0 Å². The number of hydrogen-bond donors (Lipinski definition) is 1. The summed E-state index contributed by atoms with van der Waals surface area (Å²) in [6.45, 7) is 0. The number of benzene rings is 2. The van der Waals surface area contributed by atoms with E-state index < -0.39 is 26.4 Å². The van der Waals surface area contributed by atoms with Crippen molar-refractivity contribution < 1.29 is 25.9 Å². The number of thiocarbonyl (C=S) groups is 1. The third-order valence-corrected chi connectivity index (χ3v) is 5.10. The topological polar surface area (TPSA) is 140 Å². The number of thiocyanates is 1. The molecule has 0 aliphatic carbocycles. The van der Waals surface area contributed by atoms with Crippen molar-refractivity contribution in [3.63, 3.8) is 0 Å². The van der Waals surface area contributed by atoms with Gasteiger partial charge in [-0.2, -0.15) is 18.7 Å². The first kappa shape index (κ1) is 21.9. The highest BCUT2D eigenvalue weighted by Gasteiger charge is 2.15. The molecule has 0 fully saturated rings. The van der Waals surface area contributed by atoms with Crippen LogP contribution in [0.3, 0.4) is 0 Å². The summed E-state index contributed by atoms with van der Waals surface area (Å²) in [6.07, 6.45) is 2.75. The fraction of sp³-hybridized carbons (Fsp3) is 0. The molecule has 2 rings (SSSR count). The molecule has 28 heavy (non-hydrogen) atoms. The summed E-state index contributed by atoms with van der Waals surface area (Å²) in [5.41, 5.74) is 0.604. The molecule has 0 bridgehead atoms. The van der Waals surface area contributed by atoms with Gasteiger partial charge in [0.15, 0.2) is 0 Å². The van der Waals surface area contributed by atoms with E-state index in [2.05, 4.69) is 22.4 Å². The number of nitrogens with zero attached hydrogens (tertiary/aromatic N) is 2. The molecule has 1 N–H and O–H groups in total. The quantitative estimate of drug-likeness (QED) is 0.127. The number of thioether (sulfide) groups is 1. The maximum Gasteiger partial charge on any atom is 0.295 e. The number of hydrogen-bond acceptors (Lipinski definition) is 9. The minimum Gasteiger partial charge on any atom is -0.740 e. The maximum atomic E-state index is 11.6. The third kappa shape index (κ3) is 6.08. The second kappa shape index (κ2) is 9.72. The first-order valence-electron chi connectivity index (χ1n) is 7.09. The van der Waals surface area contributed by atoms with E-state index in [4.69, 9.17) is 9.44 Å². The monoisotopic (exact) mass is 453 g/mol. The predicted molar refractivity (Wildman–Crippen MR) is 107 cm³/mol. The zero-order valence-corrected chi connectivity index (χ0v) is 16.9. The summed E-state index contributed by atoms with van der Waals surface area (Å²) in [7, 11) is -4.56. The van der Waals surface area contributed by atoms with Gasteiger partial charge in [0.25, 0.3) is 10.1 Å². The summed E-state index contributed by atoms with van der Waals surface area (Å²) < 4.78 is 59.2. The van der Waals surface area contributed by atoms with Crippen LogP contribution in [0.5, 0.6) is 5.75 Å². The molecule has 0 aliphatic heterocycles. The molecule has 0 aromatic heterocycles. The standard InChI is InChI=1S/C16H10N2O6S4/c17-9-26-14-6-4-11(15(8-14)24-27(19)20)1-2-12-3-5-13(18-10-25)7-16(12)28(21,22)23/h1-8H,(H,19,20)(H,21,22,23)/p-1/b2-1+. The van der Waals surface area contributed by atoms with Crippen molar-refractivity contribution in [3.05, 3.63) is 47.5 Å². The Morgan fingerprint density at radius 2 is 1.93 bits per heavy atom. The molecule has 0 radical (unpaired) electrons. The Hall–Kier alpha value is -2.36. The Bertz CT molecular complexity index is 1150. The lowest BCUT2D eigenvalue weighted by Crippen LogP contribution is -2.01. The highest BCUT2D eigenvalue weighted by Crippen LogP contribution is 2.30. The molecule has 1 unspecified atom stereocenters. The van der Waals surface area contributed by atoms with Gasteiger partial charge in [0.1, 0.15) is 27.4 Å². The lowest BCUT2D eigenvalue weighted by atomic mass is 10.1. The molecule has 2 aromatic carbocycles. The second-order valence-electron chi connectivity index (χ2n) is 4.91. The normalized spacial score (nSPS) is 12.2. The highest BCUT2D eigenvalue weighted by atomic mass is 32.2. The van der Waals surface area contributed by atoms with Gasteiger partial charge in [0.2, 0.25) is 0 Å².